The standard InChI is InChI=1S/C13H25N3O2/c1-8(2)7-11(13(18)14-4)16-12(17)10-5-6-15-9(10)3/h8-11,15H,5-7H2,1-4H3,(H,14,18)(H,16,17). The Labute approximate surface area is 109 Å². The summed E-state index contributed by atoms with van der Waals surface area (Å²) in [5.74, 6) is 0.216. The third-order valence-electron chi connectivity index (χ3n) is 3.45. The summed E-state index contributed by atoms with van der Waals surface area (Å²) in [6, 6.07) is -0.232. The van der Waals surface area contributed by atoms with Gasteiger partial charge in [-0.05, 0) is 32.2 Å². The van der Waals surface area contributed by atoms with E-state index in [1.807, 2.05) is 20.8 Å². The van der Waals surface area contributed by atoms with Crippen molar-refractivity contribution in [1.29, 1.82) is 0 Å². The highest BCUT2D eigenvalue weighted by Gasteiger charge is 2.31. The Hall–Kier alpha value is -1.10. The van der Waals surface area contributed by atoms with Crippen LogP contribution in [0.1, 0.15) is 33.6 Å². The molecule has 5 heteroatoms. The average Bonchev–Trinajstić information content (AvgIpc) is 2.73. The van der Waals surface area contributed by atoms with E-state index in [0.29, 0.717) is 12.3 Å². The van der Waals surface area contributed by atoms with E-state index in [0.717, 1.165) is 13.0 Å². The van der Waals surface area contributed by atoms with Gasteiger partial charge in [-0.25, -0.2) is 0 Å². The molecule has 1 heterocycles. The van der Waals surface area contributed by atoms with Gasteiger partial charge in [0, 0.05) is 13.1 Å². The van der Waals surface area contributed by atoms with Crippen LogP contribution in [0.5, 0.6) is 0 Å². The Balaban J connectivity index is 2.59. The number of hydrogen-bond donors (Lipinski definition) is 3. The Morgan fingerprint density at radius 2 is 2.06 bits per heavy atom. The molecule has 0 bridgehead atoms. The molecule has 1 aliphatic heterocycles. The maximum atomic E-state index is 12.1. The maximum absolute atomic E-state index is 12.1. The van der Waals surface area contributed by atoms with Gasteiger partial charge in [-0.1, -0.05) is 13.8 Å². The first-order chi connectivity index (χ1) is 8.45. The van der Waals surface area contributed by atoms with Gasteiger partial charge < -0.3 is 16.0 Å². The molecule has 0 aromatic rings. The van der Waals surface area contributed by atoms with Crippen molar-refractivity contribution in [2.75, 3.05) is 13.6 Å². The molecule has 1 fully saturated rings. The van der Waals surface area contributed by atoms with E-state index in [2.05, 4.69) is 16.0 Å². The topological polar surface area (TPSA) is 70.2 Å². The highest BCUT2D eigenvalue weighted by Crippen LogP contribution is 2.16. The van der Waals surface area contributed by atoms with Crippen molar-refractivity contribution < 1.29 is 9.59 Å². The van der Waals surface area contributed by atoms with Gasteiger partial charge in [0.15, 0.2) is 0 Å². The molecule has 3 unspecified atom stereocenters. The van der Waals surface area contributed by atoms with E-state index in [1.165, 1.54) is 0 Å². The quantitative estimate of drug-likeness (QED) is 0.660. The van der Waals surface area contributed by atoms with Gasteiger partial charge in [0.1, 0.15) is 6.04 Å². The molecule has 0 spiro atoms. The van der Waals surface area contributed by atoms with Crippen molar-refractivity contribution in [3.63, 3.8) is 0 Å². The van der Waals surface area contributed by atoms with E-state index in [9.17, 15) is 9.59 Å². The normalized spacial score (nSPS) is 24.9. The van der Waals surface area contributed by atoms with Crippen molar-refractivity contribution in [3.8, 4) is 0 Å². The molecule has 3 N–H and O–H groups in total. The second-order valence-corrected chi connectivity index (χ2v) is 5.44. The van der Waals surface area contributed by atoms with Gasteiger partial charge in [-0.3, -0.25) is 9.59 Å². The fraction of sp³-hybridized carbons (Fsp3) is 0.846. The summed E-state index contributed by atoms with van der Waals surface area (Å²) in [6.07, 6.45) is 1.51. The molecule has 1 saturated heterocycles. The summed E-state index contributed by atoms with van der Waals surface area (Å²) in [4.78, 5) is 23.9. The SMILES string of the molecule is CNC(=O)C(CC(C)C)NC(=O)C1CCNC1C. The number of carbonyl (C=O) groups is 2. The Morgan fingerprint density at radius 1 is 1.39 bits per heavy atom. The molecular formula is C13H25N3O2. The second kappa shape index (κ2) is 6.73. The molecule has 104 valence electrons. The van der Waals surface area contributed by atoms with Crippen LogP contribution in [-0.2, 0) is 9.59 Å². The van der Waals surface area contributed by atoms with E-state index >= 15 is 0 Å². The molecule has 0 aromatic heterocycles. The Morgan fingerprint density at radius 3 is 2.50 bits per heavy atom. The van der Waals surface area contributed by atoms with Crippen molar-refractivity contribution in [2.24, 2.45) is 11.8 Å². The van der Waals surface area contributed by atoms with Crippen LogP contribution in [0.4, 0.5) is 0 Å². The van der Waals surface area contributed by atoms with Gasteiger partial charge in [-0.2, -0.15) is 0 Å². The van der Waals surface area contributed by atoms with Crippen LogP contribution in [0.2, 0.25) is 0 Å². The molecule has 0 aromatic carbocycles. The fourth-order valence-corrected chi connectivity index (χ4v) is 2.37. The van der Waals surface area contributed by atoms with Crippen molar-refractivity contribution in [3.05, 3.63) is 0 Å². The molecule has 0 saturated carbocycles. The highest BCUT2D eigenvalue weighted by molar-refractivity contribution is 5.88. The summed E-state index contributed by atoms with van der Waals surface area (Å²) in [7, 11) is 1.60. The minimum absolute atomic E-state index is 0.0123. The number of amides is 2. The minimum Gasteiger partial charge on any atom is -0.357 e. The molecule has 2 amide bonds. The third-order valence-corrected chi connectivity index (χ3v) is 3.45. The van der Waals surface area contributed by atoms with Crippen LogP contribution in [-0.4, -0.2) is 37.5 Å². The molecule has 0 aliphatic carbocycles. The minimum atomic E-state index is -0.421. The van der Waals surface area contributed by atoms with E-state index in [-0.39, 0.29) is 23.8 Å². The van der Waals surface area contributed by atoms with Gasteiger partial charge in [0.25, 0.3) is 0 Å². The lowest BCUT2D eigenvalue weighted by molar-refractivity contribution is -0.131. The summed E-state index contributed by atoms with van der Waals surface area (Å²) < 4.78 is 0. The molecule has 1 rings (SSSR count). The highest BCUT2D eigenvalue weighted by atomic mass is 16.2. The van der Waals surface area contributed by atoms with Crippen LogP contribution >= 0.6 is 0 Å². The predicted octanol–water partition coefficient (Wildman–Crippen LogP) is 0.261. The van der Waals surface area contributed by atoms with E-state index < -0.39 is 6.04 Å². The van der Waals surface area contributed by atoms with Gasteiger partial charge >= 0.3 is 0 Å². The number of carbonyl (C=O) groups excluding carboxylic acids is 2. The maximum Gasteiger partial charge on any atom is 0.242 e. The lowest BCUT2D eigenvalue weighted by Crippen LogP contribution is -2.49. The first kappa shape index (κ1) is 15.0. The summed E-state index contributed by atoms with van der Waals surface area (Å²) in [6.45, 7) is 6.96. The summed E-state index contributed by atoms with van der Waals surface area (Å²) in [5.41, 5.74) is 0. The molecule has 18 heavy (non-hydrogen) atoms. The second-order valence-electron chi connectivity index (χ2n) is 5.44. The van der Waals surface area contributed by atoms with Gasteiger partial charge in [0.2, 0.25) is 11.8 Å². The fourth-order valence-electron chi connectivity index (χ4n) is 2.37. The Kier molecular flexibility index (Phi) is 5.59. The predicted molar refractivity (Wildman–Crippen MR) is 71.0 cm³/mol. The van der Waals surface area contributed by atoms with E-state index in [1.54, 1.807) is 7.05 Å². The number of rotatable bonds is 5. The molecule has 3 atom stereocenters. The third kappa shape index (κ3) is 3.98. The molecule has 0 radical (unpaired) electrons. The Bertz CT molecular complexity index is 305. The van der Waals surface area contributed by atoms with Gasteiger partial charge in [-0.15, -0.1) is 0 Å². The number of likely N-dealkylation sites (N-methyl/N-ethyl adjacent to an activating group) is 1. The van der Waals surface area contributed by atoms with Crippen LogP contribution < -0.4 is 16.0 Å². The summed E-state index contributed by atoms with van der Waals surface area (Å²) in [5, 5.41) is 8.74. The van der Waals surface area contributed by atoms with Crippen LogP contribution in [0, 0.1) is 11.8 Å². The van der Waals surface area contributed by atoms with Crippen molar-refractivity contribution in [1.82, 2.24) is 16.0 Å². The zero-order valence-corrected chi connectivity index (χ0v) is 11.7. The number of hydrogen-bond acceptors (Lipinski definition) is 3. The molecular weight excluding hydrogens is 230 g/mol. The van der Waals surface area contributed by atoms with Crippen LogP contribution in [0.15, 0.2) is 0 Å². The lowest BCUT2D eigenvalue weighted by Gasteiger charge is -2.22. The van der Waals surface area contributed by atoms with Gasteiger partial charge in [0.05, 0.1) is 5.92 Å². The first-order valence-electron chi connectivity index (χ1n) is 6.71. The monoisotopic (exact) mass is 255 g/mol. The summed E-state index contributed by atoms with van der Waals surface area (Å²) >= 11 is 0. The van der Waals surface area contributed by atoms with E-state index in [4.69, 9.17) is 0 Å². The lowest BCUT2D eigenvalue weighted by atomic mass is 9.98. The van der Waals surface area contributed by atoms with Crippen LogP contribution in [0.25, 0.3) is 0 Å². The van der Waals surface area contributed by atoms with Crippen molar-refractivity contribution >= 4 is 11.8 Å². The van der Waals surface area contributed by atoms with Crippen molar-refractivity contribution in [2.45, 2.75) is 45.7 Å². The zero-order valence-electron chi connectivity index (χ0n) is 11.7. The molecule has 5 nitrogen and oxygen atoms in total. The van der Waals surface area contributed by atoms with Crippen LogP contribution in [0.3, 0.4) is 0 Å². The smallest absolute Gasteiger partial charge is 0.242 e. The molecule has 1 aliphatic rings. The zero-order chi connectivity index (χ0) is 13.7. The number of nitrogens with one attached hydrogen (secondary N) is 3. The first-order valence-corrected chi connectivity index (χ1v) is 6.71. The average molecular weight is 255 g/mol. The largest absolute Gasteiger partial charge is 0.357 e.